The van der Waals surface area contributed by atoms with E-state index in [2.05, 4.69) is 10.3 Å². The number of nitrogens with one attached hydrogen (secondary N) is 1. The van der Waals surface area contributed by atoms with Crippen molar-refractivity contribution >= 4 is 34.1 Å². The van der Waals surface area contributed by atoms with Crippen molar-refractivity contribution in [1.82, 2.24) is 24.7 Å². The van der Waals surface area contributed by atoms with E-state index in [1.165, 1.54) is 23.5 Å². The minimum atomic E-state index is -4.38. The standard InChI is InChI=1S/C27H24F3N5O2S/c28-27(29,30)19-2-4-22(5-3-19)35-11-7-17-13-18(1-6-23(17)35)25(36)34-15-21(16-34)32-20-8-10-33(14-20)26(37)24-31-9-12-38-24/h1-7,9,11-13,20-21,32H,8,10,14-16H2/t20-/m0/s1. The van der Waals surface area contributed by atoms with Crippen molar-refractivity contribution in [3.63, 3.8) is 0 Å². The molecule has 6 rings (SSSR count). The SMILES string of the molecule is O=C(c1ccc2c(ccn2-c2ccc(C(F)(F)F)cc2)c1)N1CC(N[C@H]2CCN(C(=O)c3nccs3)C2)C1. The lowest BCUT2D eigenvalue weighted by atomic mass is 10.0. The van der Waals surface area contributed by atoms with Gasteiger partial charge < -0.3 is 19.7 Å². The predicted molar refractivity (Wildman–Crippen MR) is 138 cm³/mol. The van der Waals surface area contributed by atoms with Crippen LogP contribution in [0.2, 0.25) is 0 Å². The first-order valence-corrected chi connectivity index (χ1v) is 13.2. The zero-order valence-electron chi connectivity index (χ0n) is 20.2. The second kappa shape index (κ2) is 9.55. The van der Waals surface area contributed by atoms with Gasteiger partial charge in [-0.1, -0.05) is 0 Å². The van der Waals surface area contributed by atoms with Gasteiger partial charge in [-0.05, 0) is 55.0 Å². The van der Waals surface area contributed by atoms with E-state index in [0.717, 1.165) is 29.5 Å². The lowest BCUT2D eigenvalue weighted by Crippen LogP contribution is -2.62. The van der Waals surface area contributed by atoms with Crippen molar-refractivity contribution < 1.29 is 22.8 Å². The molecule has 1 atom stereocenters. The summed E-state index contributed by atoms with van der Waals surface area (Å²) in [6, 6.07) is 12.6. The number of carbonyl (C=O) groups excluding carboxylic acids is 2. The summed E-state index contributed by atoms with van der Waals surface area (Å²) >= 11 is 1.35. The molecule has 4 aromatic rings. The van der Waals surface area contributed by atoms with Crippen molar-refractivity contribution in [3.8, 4) is 5.69 Å². The van der Waals surface area contributed by atoms with E-state index >= 15 is 0 Å². The third kappa shape index (κ3) is 4.67. The minimum Gasteiger partial charge on any atom is -0.335 e. The van der Waals surface area contributed by atoms with Gasteiger partial charge in [0.15, 0.2) is 5.01 Å². The average Bonchev–Trinajstić information content (AvgIpc) is 3.65. The highest BCUT2D eigenvalue weighted by Crippen LogP contribution is 2.30. The summed E-state index contributed by atoms with van der Waals surface area (Å²) in [5.74, 6) is -0.0866. The smallest absolute Gasteiger partial charge is 0.335 e. The van der Waals surface area contributed by atoms with E-state index in [-0.39, 0.29) is 23.9 Å². The van der Waals surface area contributed by atoms with Crippen LogP contribution < -0.4 is 5.32 Å². The van der Waals surface area contributed by atoms with Crippen molar-refractivity contribution in [2.24, 2.45) is 0 Å². The fourth-order valence-corrected chi connectivity index (χ4v) is 5.72. The highest BCUT2D eigenvalue weighted by Gasteiger charge is 2.35. The van der Waals surface area contributed by atoms with Gasteiger partial charge >= 0.3 is 6.18 Å². The number of nitrogens with zero attached hydrogens (tertiary/aromatic N) is 4. The fraction of sp³-hybridized carbons (Fsp3) is 0.296. The number of benzene rings is 2. The first kappa shape index (κ1) is 24.6. The maximum absolute atomic E-state index is 13.1. The number of hydrogen-bond donors (Lipinski definition) is 1. The molecule has 2 saturated heterocycles. The van der Waals surface area contributed by atoms with E-state index in [1.807, 2.05) is 23.1 Å². The van der Waals surface area contributed by atoms with Crippen LogP contribution in [0.3, 0.4) is 0 Å². The minimum absolute atomic E-state index is 0.0303. The van der Waals surface area contributed by atoms with E-state index in [4.69, 9.17) is 0 Å². The topological polar surface area (TPSA) is 70.5 Å². The number of fused-ring (bicyclic) bond motifs is 1. The van der Waals surface area contributed by atoms with Gasteiger partial charge in [0.2, 0.25) is 0 Å². The van der Waals surface area contributed by atoms with Crippen LogP contribution in [0.25, 0.3) is 16.6 Å². The summed E-state index contributed by atoms with van der Waals surface area (Å²) in [4.78, 5) is 33.3. The molecule has 7 nitrogen and oxygen atoms in total. The molecule has 2 aromatic carbocycles. The molecule has 196 valence electrons. The van der Waals surface area contributed by atoms with Crippen molar-refractivity contribution in [2.45, 2.75) is 24.7 Å². The molecule has 0 radical (unpaired) electrons. The summed E-state index contributed by atoms with van der Waals surface area (Å²) in [5, 5.41) is 6.71. The van der Waals surface area contributed by atoms with Crippen LogP contribution in [0, 0.1) is 0 Å². The summed E-state index contributed by atoms with van der Waals surface area (Å²) in [6.45, 7) is 2.52. The highest BCUT2D eigenvalue weighted by atomic mass is 32.1. The third-order valence-corrected chi connectivity index (χ3v) is 7.90. The molecule has 38 heavy (non-hydrogen) atoms. The summed E-state index contributed by atoms with van der Waals surface area (Å²) < 4.78 is 40.5. The molecule has 1 N–H and O–H groups in total. The van der Waals surface area contributed by atoms with Crippen LogP contribution >= 0.6 is 11.3 Å². The number of halogens is 3. The lowest BCUT2D eigenvalue weighted by Gasteiger charge is -2.41. The number of carbonyl (C=O) groups is 2. The Morgan fingerprint density at radius 3 is 2.42 bits per heavy atom. The molecule has 0 saturated carbocycles. The largest absolute Gasteiger partial charge is 0.416 e. The number of rotatable bonds is 5. The van der Waals surface area contributed by atoms with Gasteiger partial charge in [0.1, 0.15) is 0 Å². The van der Waals surface area contributed by atoms with Gasteiger partial charge in [0, 0.05) is 72.7 Å². The molecule has 0 bridgehead atoms. The number of thiazole rings is 1. The Morgan fingerprint density at radius 2 is 1.71 bits per heavy atom. The number of likely N-dealkylation sites (tertiary alicyclic amines) is 2. The molecule has 2 aromatic heterocycles. The van der Waals surface area contributed by atoms with Crippen LogP contribution in [0.5, 0.6) is 0 Å². The Kier molecular flexibility index (Phi) is 6.19. The molecule has 4 heterocycles. The first-order chi connectivity index (χ1) is 18.3. The average molecular weight is 540 g/mol. The number of alkyl halides is 3. The van der Waals surface area contributed by atoms with Crippen LogP contribution in [-0.4, -0.2) is 69.4 Å². The number of hydrogen-bond acceptors (Lipinski definition) is 5. The zero-order chi connectivity index (χ0) is 26.4. The molecular weight excluding hydrogens is 515 g/mol. The monoisotopic (exact) mass is 539 g/mol. The maximum Gasteiger partial charge on any atom is 0.416 e. The molecule has 2 amide bonds. The van der Waals surface area contributed by atoms with Crippen molar-refractivity contribution in [3.05, 3.63) is 82.4 Å². The fourth-order valence-electron chi connectivity index (χ4n) is 5.12. The second-order valence-corrected chi connectivity index (χ2v) is 10.5. The number of amides is 2. The van der Waals surface area contributed by atoms with E-state index in [1.54, 1.807) is 33.3 Å². The van der Waals surface area contributed by atoms with Gasteiger partial charge in [-0.3, -0.25) is 9.59 Å². The third-order valence-electron chi connectivity index (χ3n) is 7.14. The van der Waals surface area contributed by atoms with Crippen molar-refractivity contribution in [2.75, 3.05) is 26.2 Å². The summed E-state index contributed by atoms with van der Waals surface area (Å²) in [5.41, 5.74) is 1.30. The summed E-state index contributed by atoms with van der Waals surface area (Å²) in [7, 11) is 0. The molecule has 0 spiro atoms. The Balaban J connectivity index is 1.05. The van der Waals surface area contributed by atoms with Gasteiger partial charge in [0.05, 0.1) is 11.1 Å². The van der Waals surface area contributed by atoms with Crippen LogP contribution in [-0.2, 0) is 6.18 Å². The Hall–Kier alpha value is -3.70. The molecule has 2 fully saturated rings. The van der Waals surface area contributed by atoms with Gasteiger partial charge in [-0.25, -0.2) is 4.98 Å². The van der Waals surface area contributed by atoms with Crippen molar-refractivity contribution in [1.29, 1.82) is 0 Å². The van der Waals surface area contributed by atoms with E-state index < -0.39 is 11.7 Å². The molecule has 2 aliphatic rings. The first-order valence-electron chi connectivity index (χ1n) is 12.3. The molecule has 0 unspecified atom stereocenters. The Bertz CT molecular complexity index is 1480. The second-order valence-electron chi connectivity index (χ2n) is 9.65. The normalized spacial score (nSPS) is 18.2. The highest BCUT2D eigenvalue weighted by molar-refractivity contribution is 7.11. The van der Waals surface area contributed by atoms with Gasteiger partial charge in [-0.2, -0.15) is 13.2 Å². The molecule has 0 aliphatic carbocycles. The number of aromatic nitrogens is 2. The quantitative estimate of drug-likeness (QED) is 0.407. The Morgan fingerprint density at radius 1 is 0.947 bits per heavy atom. The van der Waals surface area contributed by atoms with Crippen LogP contribution in [0.15, 0.2) is 66.3 Å². The van der Waals surface area contributed by atoms with E-state index in [0.29, 0.717) is 42.4 Å². The molecule has 2 aliphatic heterocycles. The molecule has 11 heteroatoms. The predicted octanol–water partition coefficient (Wildman–Crippen LogP) is 4.43. The maximum atomic E-state index is 13.1. The van der Waals surface area contributed by atoms with Gasteiger partial charge in [-0.15, -0.1) is 11.3 Å². The summed E-state index contributed by atoms with van der Waals surface area (Å²) in [6.07, 6.45) is -0.0873. The van der Waals surface area contributed by atoms with Gasteiger partial charge in [0.25, 0.3) is 11.8 Å². The Labute approximate surface area is 220 Å². The zero-order valence-corrected chi connectivity index (χ0v) is 21.0. The van der Waals surface area contributed by atoms with Crippen LogP contribution in [0.1, 0.15) is 32.1 Å². The van der Waals surface area contributed by atoms with Crippen LogP contribution in [0.4, 0.5) is 13.2 Å². The van der Waals surface area contributed by atoms with E-state index in [9.17, 15) is 22.8 Å². The molecular formula is C27H24F3N5O2S. The lowest BCUT2D eigenvalue weighted by molar-refractivity contribution is -0.137.